The molecule has 3 aliphatic carbocycles. The van der Waals surface area contributed by atoms with Gasteiger partial charge in [0.25, 0.3) is 0 Å². The molecule has 1 fully saturated rings. The van der Waals surface area contributed by atoms with Gasteiger partial charge in [0.1, 0.15) is 7.05 Å². The summed E-state index contributed by atoms with van der Waals surface area (Å²) in [4.78, 5) is 0. The first-order valence-electron chi connectivity index (χ1n) is 9.95. The largest absolute Gasteiger partial charge is 0.212 e. The van der Waals surface area contributed by atoms with Crippen LogP contribution in [0.25, 0.3) is 11.3 Å². The Labute approximate surface area is 153 Å². The van der Waals surface area contributed by atoms with E-state index in [2.05, 4.69) is 69.8 Å². The van der Waals surface area contributed by atoms with Crippen molar-refractivity contribution in [3.05, 3.63) is 52.7 Å². The zero-order chi connectivity index (χ0) is 17.8. The molecule has 0 unspecified atom stereocenters. The third kappa shape index (κ3) is 3.14. The first kappa shape index (κ1) is 16.8. The predicted octanol–water partition coefficient (Wildman–Crippen LogP) is 5.83. The summed E-state index contributed by atoms with van der Waals surface area (Å²) >= 11 is 0. The Hall–Kier alpha value is -1.63. The van der Waals surface area contributed by atoms with Gasteiger partial charge in [-0.15, -0.1) is 0 Å². The number of aromatic nitrogens is 1. The third-order valence-corrected chi connectivity index (χ3v) is 6.24. The molecule has 1 heterocycles. The lowest BCUT2D eigenvalue weighted by molar-refractivity contribution is -0.660. The fraction of sp³-hybridized carbons (Fsp3) is 0.542. The van der Waals surface area contributed by atoms with Gasteiger partial charge in [0.05, 0.1) is 0 Å². The molecule has 0 atom stereocenters. The molecule has 0 N–H and O–H groups in total. The van der Waals surface area contributed by atoms with Gasteiger partial charge in [-0.3, -0.25) is 0 Å². The van der Waals surface area contributed by atoms with Crippen molar-refractivity contribution in [3.8, 4) is 11.3 Å². The number of benzene rings is 1. The standard InChI is InChI=1S/C24H32N/c1-16-12-21-18-7-9-19(10-8-18)22(21)13-20(16)23-11-6-17(15-25(23)5)14-24(2,3)4/h6,11-13,15,18-19H,7-10,14H2,1-5H3/q+1. The molecule has 1 heteroatoms. The van der Waals surface area contributed by atoms with Crippen LogP contribution in [0.2, 0.25) is 0 Å². The van der Waals surface area contributed by atoms with Gasteiger partial charge in [-0.25, -0.2) is 4.57 Å². The molecule has 1 nitrogen and oxygen atoms in total. The molecule has 1 aromatic carbocycles. The van der Waals surface area contributed by atoms with Gasteiger partial charge in [-0.1, -0.05) is 26.8 Å². The lowest BCUT2D eigenvalue weighted by Crippen LogP contribution is -2.32. The number of nitrogens with zero attached hydrogens (tertiary/aromatic N) is 1. The molecule has 2 aromatic rings. The Kier molecular flexibility index (Phi) is 4.02. The van der Waals surface area contributed by atoms with Crippen LogP contribution in [0, 0.1) is 12.3 Å². The van der Waals surface area contributed by atoms with Gasteiger partial charge < -0.3 is 0 Å². The van der Waals surface area contributed by atoms with Gasteiger partial charge in [0, 0.05) is 17.2 Å². The molecule has 3 aliphatic rings. The van der Waals surface area contributed by atoms with Gasteiger partial charge >= 0.3 is 0 Å². The second-order valence-corrected chi connectivity index (χ2v) is 9.62. The van der Waals surface area contributed by atoms with Crippen LogP contribution in [0.5, 0.6) is 0 Å². The van der Waals surface area contributed by atoms with E-state index >= 15 is 0 Å². The minimum atomic E-state index is 0.329. The maximum Gasteiger partial charge on any atom is 0.212 e. The van der Waals surface area contributed by atoms with Crippen LogP contribution < -0.4 is 4.57 Å². The lowest BCUT2D eigenvalue weighted by Gasteiger charge is -2.38. The molecule has 25 heavy (non-hydrogen) atoms. The molecular formula is C24H32N+. The zero-order valence-corrected chi connectivity index (χ0v) is 16.5. The van der Waals surface area contributed by atoms with Crippen molar-refractivity contribution in [2.24, 2.45) is 12.5 Å². The summed E-state index contributed by atoms with van der Waals surface area (Å²) in [5.41, 5.74) is 9.28. The molecular weight excluding hydrogens is 302 g/mol. The number of hydrogen-bond acceptors (Lipinski definition) is 0. The van der Waals surface area contributed by atoms with Crippen molar-refractivity contribution in [2.75, 3.05) is 0 Å². The van der Waals surface area contributed by atoms with Crippen molar-refractivity contribution < 1.29 is 4.57 Å². The van der Waals surface area contributed by atoms with Crippen LogP contribution in [-0.4, -0.2) is 0 Å². The number of rotatable bonds is 2. The summed E-state index contributed by atoms with van der Waals surface area (Å²) in [6.07, 6.45) is 9.06. The Morgan fingerprint density at radius 2 is 1.56 bits per heavy atom. The van der Waals surface area contributed by atoms with Crippen LogP contribution in [-0.2, 0) is 13.5 Å². The van der Waals surface area contributed by atoms with Crippen molar-refractivity contribution in [2.45, 2.75) is 71.6 Å². The molecule has 0 amide bonds. The third-order valence-electron chi connectivity index (χ3n) is 6.24. The quantitative estimate of drug-likeness (QED) is 0.608. The van der Waals surface area contributed by atoms with E-state index in [1.807, 2.05) is 0 Å². The summed E-state index contributed by atoms with van der Waals surface area (Å²) in [5, 5.41) is 0. The molecule has 0 spiro atoms. The minimum Gasteiger partial charge on any atom is -0.201 e. The van der Waals surface area contributed by atoms with Crippen LogP contribution in [0.1, 0.15) is 80.5 Å². The first-order valence-corrected chi connectivity index (χ1v) is 9.95. The average molecular weight is 335 g/mol. The van der Waals surface area contributed by atoms with E-state index in [1.54, 1.807) is 11.1 Å². The van der Waals surface area contributed by atoms with Crippen LogP contribution >= 0.6 is 0 Å². The minimum absolute atomic E-state index is 0.329. The number of fused-ring (bicyclic) bond motifs is 2. The molecule has 0 saturated heterocycles. The number of pyridine rings is 1. The monoisotopic (exact) mass is 334 g/mol. The lowest BCUT2D eigenvalue weighted by atomic mass is 9.66. The van der Waals surface area contributed by atoms with Gasteiger partial charge in [0.15, 0.2) is 6.20 Å². The van der Waals surface area contributed by atoms with E-state index < -0.39 is 0 Å². The molecule has 132 valence electrons. The first-order chi connectivity index (χ1) is 11.8. The van der Waals surface area contributed by atoms with E-state index in [0.717, 1.165) is 18.3 Å². The highest BCUT2D eigenvalue weighted by molar-refractivity contribution is 5.65. The van der Waals surface area contributed by atoms with E-state index in [-0.39, 0.29) is 0 Å². The van der Waals surface area contributed by atoms with Crippen molar-refractivity contribution in [1.82, 2.24) is 0 Å². The normalized spacial score (nSPS) is 22.1. The highest BCUT2D eigenvalue weighted by Gasteiger charge is 2.33. The Morgan fingerprint density at radius 3 is 2.12 bits per heavy atom. The summed E-state index contributed by atoms with van der Waals surface area (Å²) in [6, 6.07) is 9.69. The zero-order valence-electron chi connectivity index (χ0n) is 16.5. The maximum absolute atomic E-state index is 2.53. The highest BCUT2D eigenvalue weighted by atomic mass is 14.9. The van der Waals surface area contributed by atoms with E-state index in [1.165, 1.54) is 48.1 Å². The molecule has 5 rings (SSSR count). The Bertz CT molecular complexity index is 802. The van der Waals surface area contributed by atoms with Crippen LogP contribution in [0.15, 0.2) is 30.5 Å². The van der Waals surface area contributed by atoms with Crippen LogP contribution in [0.4, 0.5) is 0 Å². The Balaban J connectivity index is 1.74. The van der Waals surface area contributed by atoms with E-state index in [9.17, 15) is 0 Å². The van der Waals surface area contributed by atoms with E-state index in [4.69, 9.17) is 0 Å². The number of hydrogen-bond donors (Lipinski definition) is 0. The second-order valence-electron chi connectivity index (χ2n) is 9.62. The second kappa shape index (κ2) is 5.97. The number of aryl methyl sites for hydroxylation is 2. The summed E-state index contributed by atoms with van der Waals surface area (Å²) in [5.74, 6) is 1.64. The molecule has 1 saturated carbocycles. The SMILES string of the molecule is Cc1cc2c(cc1-c1ccc(CC(C)(C)C)c[n+]1C)C1CCC2CC1. The fourth-order valence-electron chi connectivity index (χ4n) is 5.11. The van der Waals surface area contributed by atoms with E-state index in [0.29, 0.717) is 5.41 Å². The molecule has 0 aliphatic heterocycles. The molecule has 2 bridgehead atoms. The topological polar surface area (TPSA) is 3.88 Å². The average Bonchev–Trinajstić information content (AvgIpc) is 2.54. The van der Waals surface area contributed by atoms with Gasteiger partial charge in [-0.2, -0.15) is 0 Å². The smallest absolute Gasteiger partial charge is 0.201 e. The van der Waals surface area contributed by atoms with Crippen molar-refractivity contribution >= 4 is 0 Å². The van der Waals surface area contributed by atoms with Crippen LogP contribution in [0.3, 0.4) is 0 Å². The molecule has 1 aromatic heterocycles. The fourth-order valence-corrected chi connectivity index (χ4v) is 5.11. The van der Waals surface area contributed by atoms with Crippen molar-refractivity contribution in [1.29, 1.82) is 0 Å². The van der Waals surface area contributed by atoms with Crippen molar-refractivity contribution in [3.63, 3.8) is 0 Å². The summed E-state index contributed by atoms with van der Waals surface area (Å²) in [7, 11) is 2.20. The highest BCUT2D eigenvalue weighted by Crippen LogP contribution is 2.50. The van der Waals surface area contributed by atoms with Gasteiger partial charge in [-0.05, 0) is 85.1 Å². The molecule has 0 radical (unpaired) electrons. The van der Waals surface area contributed by atoms with Gasteiger partial charge in [0.2, 0.25) is 5.69 Å². The Morgan fingerprint density at radius 1 is 0.960 bits per heavy atom. The summed E-state index contributed by atoms with van der Waals surface area (Å²) in [6.45, 7) is 9.22. The predicted molar refractivity (Wildman–Crippen MR) is 105 cm³/mol. The maximum atomic E-state index is 2.53. The summed E-state index contributed by atoms with van der Waals surface area (Å²) < 4.78 is 2.33.